The Bertz CT molecular complexity index is 601. The number of pyridine rings is 1. The van der Waals surface area contributed by atoms with Crippen LogP contribution in [0.4, 0.5) is 5.69 Å². The molecule has 0 unspecified atom stereocenters. The van der Waals surface area contributed by atoms with E-state index in [1.807, 2.05) is 50.2 Å². The van der Waals surface area contributed by atoms with E-state index in [-0.39, 0.29) is 0 Å². The van der Waals surface area contributed by atoms with Crippen LogP contribution in [-0.4, -0.2) is 10.8 Å². The van der Waals surface area contributed by atoms with Crippen molar-refractivity contribution in [2.24, 2.45) is 0 Å². The van der Waals surface area contributed by atoms with E-state index in [4.69, 9.17) is 9.47 Å². The number of fused-ring (bicyclic) bond motifs is 1. The topological polar surface area (TPSA) is 43.4 Å². The highest BCUT2D eigenvalue weighted by Crippen LogP contribution is 2.42. The van der Waals surface area contributed by atoms with Crippen molar-refractivity contribution in [2.75, 3.05) is 5.32 Å². The van der Waals surface area contributed by atoms with Crippen LogP contribution < -0.4 is 14.8 Å². The first-order valence-electron chi connectivity index (χ1n) is 6.84. The molecule has 1 atom stereocenters. The molecule has 0 saturated heterocycles. The van der Waals surface area contributed by atoms with Gasteiger partial charge in [0.1, 0.15) is 0 Å². The van der Waals surface area contributed by atoms with Gasteiger partial charge in [-0.3, -0.25) is 4.98 Å². The van der Waals surface area contributed by atoms with Crippen molar-refractivity contribution in [2.45, 2.75) is 32.6 Å². The Hall–Kier alpha value is -2.23. The Morgan fingerprint density at radius 1 is 1.15 bits per heavy atom. The molecule has 0 saturated carbocycles. The highest BCUT2D eigenvalue weighted by atomic mass is 16.7. The van der Waals surface area contributed by atoms with Gasteiger partial charge in [-0.15, -0.1) is 0 Å². The number of hydrogen-bond acceptors (Lipinski definition) is 4. The smallest absolute Gasteiger partial charge is 0.248 e. The Kier molecular flexibility index (Phi) is 3.22. The van der Waals surface area contributed by atoms with Gasteiger partial charge in [0.2, 0.25) is 5.79 Å². The third-order valence-electron chi connectivity index (χ3n) is 3.44. The van der Waals surface area contributed by atoms with Crippen LogP contribution >= 0.6 is 0 Å². The van der Waals surface area contributed by atoms with Gasteiger partial charge in [-0.1, -0.05) is 13.0 Å². The van der Waals surface area contributed by atoms with Crippen LogP contribution in [0.2, 0.25) is 0 Å². The molecule has 1 aliphatic rings. The van der Waals surface area contributed by atoms with Crippen molar-refractivity contribution >= 4 is 5.69 Å². The monoisotopic (exact) mass is 270 g/mol. The zero-order valence-corrected chi connectivity index (χ0v) is 11.7. The molecule has 4 heteroatoms. The summed E-state index contributed by atoms with van der Waals surface area (Å²) in [6.07, 6.45) is 2.60. The molecule has 0 amide bonds. The number of nitrogens with one attached hydrogen (secondary N) is 1. The number of hydrogen-bond donors (Lipinski definition) is 1. The number of ether oxygens (including phenoxy) is 2. The second-order valence-electron chi connectivity index (χ2n) is 5.03. The van der Waals surface area contributed by atoms with Crippen molar-refractivity contribution in [3.05, 3.63) is 48.3 Å². The van der Waals surface area contributed by atoms with Crippen molar-refractivity contribution in [1.82, 2.24) is 4.98 Å². The summed E-state index contributed by atoms with van der Waals surface area (Å²) in [5.41, 5.74) is 2.00. The quantitative estimate of drug-likeness (QED) is 0.922. The summed E-state index contributed by atoms with van der Waals surface area (Å²) in [4.78, 5) is 4.28. The largest absolute Gasteiger partial charge is 0.449 e. The lowest BCUT2D eigenvalue weighted by molar-refractivity contribution is -0.0640. The number of benzene rings is 1. The molecule has 0 fully saturated rings. The molecule has 0 bridgehead atoms. The molecule has 2 heterocycles. The van der Waals surface area contributed by atoms with Crippen LogP contribution in [-0.2, 0) is 6.54 Å². The summed E-state index contributed by atoms with van der Waals surface area (Å²) in [6.45, 7) is 4.69. The minimum absolute atomic E-state index is 0.540. The first-order chi connectivity index (χ1) is 9.68. The minimum atomic E-state index is -0.540. The number of rotatable bonds is 4. The van der Waals surface area contributed by atoms with E-state index < -0.39 is 5.79 Å². The van der Waals surface area contributed by atoms with E-state index in [1.165, 1.54) is 0 Å². The second kappa shape index (κ2) is 5.04. The summed E-state index contributed by atoms with van der Waals surface area (Å²) in [5.74, 6) is 1.06. The van der Waals surface area contributed by atoms with E-state index in [2.05, 4.69) is 10.3 Å². The molecule has 104 valence electrons. The van der Waals surface area contributed by atoms with Gasteiger partial charge in [0.05, 0.1) is 12.2 Å². The van der Waals surface area contributed by atoms with Gasteiger partial charge in [-0.05, 0) is 24.3 Å². The molecular weight excluding hydrogens is 252 g/mol. The van der Waals surface area contributed by atoms with Crippen molar-refractivity contribution in [3.8, 4) is 11.5 Å². The van der Waals surface area contributed by atoms with Gasteiger partial charge < -0.3 is 14.8 Å². The number of anilines is 1. The van der Waals surface area contributed by atoms with Crippen LogP contribution in [0.1, 0.15) is 26.0 Å². The summed E-state index contributed by atoms with van der Waals surface area (Å²) >= 11 is 0. The summed E-state index contributed by atoms with van der Waals surface area (Å²) < 4.78 is 11.7. The maximum Gasteiger partial charge on any atom is 0.248 e. The fourth-order valence-electron chi connectivity index (χ4n) is 2.11. The number of aromatic nitrogens is 1. The van der Waals surface area contributed by atoms with Crippen molar-refractivity contribution in [1.29, 1.82) is 0 Å². The molecule has 3 rings (SSSR count). The zero-order valence-electron chi connectivity index (χ0n) is 11.7. The van der Waals surface area contributed by atoms with E-state index in [0.29, 0.717) is 6.54 Å². The molecular formula is C16H18N2O2. The van der Waals surface area contributed by atoms with E-state index in [1.54, 1.807) is 6.20 Å². The van der Waals surface area contributed by atoms with Crippen LogP contribution in [0.25, 0.3) is 0 Å². The number of nitrogens with zero attached hydrogens (tertiary/aromatic N) is 1. The molecule has 1 N–H and O–H groups in total. The lowest BCUT2D eigenvalue weighted by atomic mass is 10.2. The first-order valence-corrected chi connectivity index (χ1v) is 6.84. The fourth-order valence-corrected chi connectivity index (χ4v) is 2.11. The Labute approximate surface area is 118 Å². The Morgan fingerprint density at radius 3 is 2.75 bits per heavy atom. The summed E-state index contributed by atoms with van der Waals surface area (Å²) in [6, 6.07) is 11.8. The van der Waals surface area contributed by atoms with Gasteiger partial charge in [-0.2, -0.15) is 0 Å². The summed E-state index contributed by atoms with van der Waals surface area (Å²) in [7, 11) is 0. The molecule has 20 heavy (non-hydrogen) atoms. The summed E-state index contributed by atoms with van der Waals surface area (Å²) in [5, 5.41) is 3.34. The van der Waals surface area contributed by atoms with Crippen molar-refractivity contribution < 1.29 is 9.47 Å². The van der Waals surface area contributed by atoms with E-state index in [0.717, 1.165) is 29.3 Å². The first kappa shape index (κ1) is 12.8. The highest BCUT2D eigenvalue weighted by molar-refractivity contribution is 5.56. The van der Waals surface area contributed by atoms with Crippen LogP contribution in [0.3, 0.4) is 0 Å². The van der Waals surface area contributed by atoms with Crippen LogP contribution in [0.15, 0.2) is 42.6 Å². The Balaban J connectivity index is 1.70. The van der Waals surface area contributed by atoms with Crippen LogP contribution in [0, 0.1) is 0 Å². The third-order valence-corrected chi connectivity index (χ3v) is 3.44. The maximum atomic E-state index is 5.86. The average molecular weight is 270 g/mol. The molecule has 0 aliphatic carbocycles. The predicted octanol–water partition coefficient (Wildman–Crippen LogP) is 3.59. The molecule has 0 radical (unpaired) electrons. The lowest BCUT2D eigenvalue weighted by Gasteiger charge is -2.20. The van der Waals surface area contributed by atoms with Gasteiger partial charge in [0.15, 0.2) is 11.5 Å². The standard InChI is InChI=1S/C16H18N2O2/c1-3-16(2)19-14-8-7-12(10-15(14)20-16)18-11-13-6-4-5-9-17-13/h4-10,18H,3,11H2,1-2H3/t16-/m1/s1. The van der Waals surface area contributed by atoms with Gasteiger partial charge >= 0.3 is 0 Å². The normalized spacial score (nSPS) is 19.9. The third kappa shape index (κ3) is 2.54. The predicted molar refractivity (Wildman–Crippen MR) is 78.0 cm³/mol. The molecule has 2 aromatic rings. The van der Waals surface area contributed by atoms with Gasteiger partial charge in [0, 0.05) is 31.3 Å². The molecule has 1 aromatic heterocycles. The van der Waals surface area contributed by atoms with Crippen molar-refractivity contribution in [3.63, 3.8) is 0 Å². The maximum absolute atomic E-state index is 5.86. The van der Waals surface area contributed by atoms with Gasteiger partial charge in [-0.25, -0.2) is 0 Å². The zero-order chi connectivity index (χ0) is 14.0. The lowest BCUT2D eigenvalue weighted by Crippen LogP contribution is -2.33. The Morgan fingerprint density at radius 2 is 2.00 bits per heavy atom. The van der Waals surface area contributed by atoms with E-state index >= 15 is 0 Å². The minimum Gasteiger partial charge on any atom is -0.449 e. The SMILES string of the molecule is CC[C@]1(C)Oc2ccc(NCc3ccccn3)cc2O1. The molecule has 4 nitrogen and oxygen atoms in total. The van der Waals surface area contributed by atoms with Crippen LogP contribution in [0.5, 0.6) is 11.5 Å². The fraction of sp³-hybridized carbons (Fsp3) is 0.312. The van der Waals surface area contributed by atoms with Gasteiger partial charge in [0.25, 0.3) is 0 Å². The average Bonchev–Trinajstić information content (AvgIpc) is 2.82. The van der Waals surface area contributed by atoms with E-state index in [9.17, 15) is 0 Å². The molecule has 1 aromatic carbocycles. The second-order valence-corrected chi connectivity index (χ2v) is 5.03. The molecule has 1 aliphatic heterocycles. The molecule has 0 spiro atoms. The highest BCUT2D eigenvalue weighted by Gasteiger charge is 2.34.